The molecule has 1 aliphatic carbocycles. The van der Waals surface area contributed by atoms with Gasteiger partial charge in [0.1, 0.15) is 0 Å². The van der Waals surface area contributed by atoms with E-state index in [4.69, 9.17) is 11.6 Å². The summed E-state index contributed by atoms with van der Waals surface area (Å²) in [7, 11) is 3.93. The second-order valence-corrected chi connectivity index (χ2v) is 4.78. The van der Waals surface area contributed by atoms with E-state index in [9.17, 15) is 0 Å². The van der Waals surface area contributed by atoms with Crippen molar-refractivity contribution in [1.82, 2.24) is 15.1 Å². The maximum atomic E-state index is 6.13. The molecule has 1 heterocycles. The number of aromatic nitrogens is 2. The van der Waals surface area contributed by atoms with Crippen molar-refractivity contribution in [2.75, 3.05) is 7.05 Å². The number of hydrogen-bond donors (Lipinski definition) is 1. The molecule has 0 saturated heterocycles. The van der Waals surface area contributed by atoms with E-state index in [0.717, 1.165) is 10.7 Å². The zero-order valence-corrected chi connectivity index (χ0v) is 9.60. The fourth-order valence-corrected chi connectivity index (χ4v) is 2.32. The molecule has 0 amide bonds. The monoisotopic (exact) mass is 213 g/mol. The third-order valence-electron chi connectivity index (χ3n) is 3.24. The number of halogens is 1. The Morgan fingerprint density at radius 2 is 2.29 bits per heavy atom. The molecule has 1 atom stereocenters. The molecule has 0 aromatic carbocycles. The molecule has 14 heavy (non-hydrogen) atoms. The average Bonchev–Trinajstić information content (AvgIpc) is 2.81. The summed E-state index contributed by atoms with van der Waals surface area (Å²) < 4.78 is 1.87. The van der Waals surface area contributed by atoms with Crippen molar-refractivity contribution >= 4 is 11.6 Å². The Balaban J connectivity index is 2.36. The Bertz CT molecular complexity index is 322. The van der Waals surface area contributed by atoms with Gasteiger partial charge in [-0.2, -0.15) is 5.10 Å². The molecule has 3 nitrogen and oxygen atoms in total. The van der Waals surface area contributed by atoms with E-state index in [1.165, 1.54) is 12.8 Å². The summed E-state index contributed by atoms with van der Waals surface area (Å²) in [4.78, 5) is 0. The first-order chi connectivity index (χ1) is 6.58. The molecular weight excluding hydrogens is 198 g/mol. The quantitative estimate of drug-likeness (QED) is 0.834. The van der Waals surface area contributed by atoms with Gasteiger partial charge in [0.25, 0.3) is 0 Å². The minimum atomic E-state index is 0.322. The van der Waals surface area contributed by atoms with Crippen LogP contribution in [0.3, 0.4) is 0 Å². The van der Waals surface area contributed by atoms with Crippen LogP contribution in [0.25, 0.3) is 0 Å². The van der Waals surface area contributed by atoms with Crippen molar-refractivity contribution in [3.8, 4) is 0 Å². The molecule has 1 fully saturated rings. The van der Waals surface area contributed by atoms with Gasteiger partial charge in [0.15, 0.2) is 0 Å². The lowest BCUT2D eigenvalue weighted by molar-refractivity contribution is 0.370. The van der Waals surface area contributed by atoms with Gasteiger partial charge in [-0.1, -0.05) is 18.5 Å². The first-order valence-corrected chi connectivity index (χ1v) is 5.31. The van der Waals surface area contributed by atoms with Crippen LogP contribution in [0.5, 0.6) is 0 Å². The van der Waals surface area contributed by atoms with Crippen LogP contribution in [0.1, 0.15) is 31.5 Å². The average molecular weight is 214 g/mol. The first kappa shape index (κ1) is 9.99. The predicted octanol–water partition coefficient (Wildman–Crippen LogP) is 2.13. The third kappa shape index (κ3) is 1.44. The van der Waals surface area contributed by atoms with Crippen LogP contribution in [0.4, 0.5) is 0 Å². The molecule has 0 spiro atoms. The van der Waals surface area contributed by atoms with E-state index in [-0.39, 0.29) is 0 Å². The van der Waals surface area contributed by atoms with Crippen molar-refractivity contribution in [2.24, 2.45) is 12.5 Å². The summed E-state index contributed by atoms with van der Waals surface area (Å²) in [5, 5.41) is 8.28. The van der Waals surface area contributed by atoms with Crippen LogP contribution in [0.15, 0.2) is 6.20 Å². The van der Waals surface area contributed by atoms with Gasteiger partial charge >= 0.3 is 0 Å². The molecule has 1 aliphatic rings. The molecular formula is C10H16ClN3. The first-order valence-electron chi connectivity index (χ1n) is 4.93. The molecule has 4 heteroatoms. The minimum Gasteiger partial charge on any atom is -0.311 e. The van der Waals surface area contributed by atoms with Crippen LogP contribution in [-0.4, -0.2) is 16.8 Å². The molecule has 1 unspecified atom stereocenters. The SMILES string of the molecule is CNC(c1c(Cl)cnn1C)C1(C)CC1. The van der Waals surface area contributed by atoms with Gasteiger partial charge in [0.05, 0.1) is 23.0 Å². The topological polar surface area (TPSA) is 29.9 Å². The normalized spacial score (nSPS) is 20.9. The van der Waals surface area contributed by atoms with E-state index in [1.807, 2.05) is 18.8 Å². The number of rotatable bonds is 3. The van der Waals surface area contributed by atoms with E-state index in [0.29, 0.717) is 11.5 Å². The molecule has 0 radical (unpaired) electrons. The summed E-state index contributed by atoms with van der Waals surface area (Å²) in [6.07, 6.45) is 4.24. The van der Waals surface area contributed by atoms with Gasteiger partial charge in [-0.3, -0.25) is 4.68 Å². The van der Waals surface area contributed by atoms with Crippen molar-refractivity contribution in [1.29, 1.82) is 0 Å². The van der Waals surface area contributed by atoms with E-state index >= 15 is 0 Å². The Hall–Kier alpha value is -0.540. The van der Waals surface area contributed by atoms with Crippen LogP contribution in [0, 0.1) is 5.41 Å². The van der Waals surface area contributed by atoms with Crippen molar-refractivity contribution in [3.05, 3.63) is 16.9 Å². The zero-order chi connectivity index (χ0) is 10.3. The maximum Gasteiger partial charge on any atom is 0.0834 e. The predicted molar refractivity (Wildman–Crippen MR) is 57.4 cm³/mol. The summed E-state index contributed by atoms with van der Waals surface area (Å²) >= 11 is 6.13. The van der Waals surface area contributed by atoms with Crippen molar-refractivity contribution < 1.29 is 0 Å². The fourth-order valence-electron chi connectivity index (χ4n) is 2.05. The molecule has 1 aromatic rings. The van der Waals surface area contributed by atoms with Gasteiger partial charge in [-0.05, 0) is 25.3 Å². The Morgan fingerprint density at radius 3 is 2.64 bits per heavy atom. The largest absolute Gasteiger partial charge is 0.311 e. The summed E-state index contributed by atoms with van der Waals surface area (Å²) in [5.74, 6) is 0. The zero-order valence-electron chi connectivity index (χ0n) is 8.84. The summed E-state index contributed by atoms with van der Waals surface area (Å²) in [5.41, 5.74) is 1.47. The second kappa shape index (κ2) is 3.24. The molecule has 78 valence electrons. The maximum absolute atomic E-state index is 6.13. The Kier molecular flexibility index (Phi) is 2.32. The van der Waals surface area contributed by atoms with Crippen LogP contribution >= 0.6 is 11.6 Å². The highest BCUT2D eigenvalue weighted by Gasteiger charge is 2.46. The molecule has 1 saturated carbocycles. The third-order valence-corrected chi connectivity index (χ3v) is 3.53. The number of hydrogen-bond acceptors (Lipinski definition) is 2. The molecule has 0 aliphatic heterocycles. The van der Waals surface area contributed by atoms with Crippen LogP contribution in [-0.2, 0) is 7.05 Å². The molecule has 1 N–H and O–H groups in total. The Morgan fingerprint density at radius 1 is 1.64 bits per heavy atom. The van der Waals surface area contributed by atoms with Crippen molar-refractivity contribution in [3.63, 3.8) is 0 Å². The number of nitrogens with zero attached hydrogens (tertiary/aromatic N) is 2. The van der Waals surface area contributed by atoms with Crippen LogP contribution < -0.4 is 5.32 Å². The molecule has 0 bridgehead atoms. The van der Waals surface area contributed by atoms with E-state index in [1.54, 1.807) is 6.20 Å². The second-order valence-electron chi connectivity index (χ2n) is 4.38. The fraction of sp³-hybridized carbons (Fsp3) is 0.700. The standard InChI is InChI=1S/C10H16ClN3/c1-10(4-5-10)9(12-2)8-7(11)6-13-14(8)3/h6,9,12H,4-5H2,1-3H3. The summed E-state index contributed by atoms with van der Waals surface area (Å²) in [6.45, 7) is 2.29. The van der Waals surface area contributed by atoms with Gasteiger partial charge in [0, 0.05) is 7.05 Å². The Labute approximate surface area is 89.4 Å². The lowest BCUT2D eigenvalue weighted by Gasteiger charge is -2.23. The highest BCUT2D eigenvalue weighted by molar-refractivity contribution is 6.31. The lowest BCUT2D eigenvalue weighted by Crippen LogP contribution is -2.27. The molecule has 2 rings (SSSR count). The highest BCUT2D eigenvalue weighted by Crippen LogP contribution is 2.54. The van der Waals surface area contributed by atoms with Crippen LogP contribution in [0.2, 0.25) is 5.02 Å². The lowest BCUT2D eigenvalue weighted by atomic mass is 9.96. The highest BCUT2D eigenvalue weighted by atomic mass is 35.5. The van der Waals surface area contributed by atoms with E-state index < -0.39 is 0 Å². The number of aryl methyl sites for hydroxylation is 1. The number of nitrogens with one attached hydrogen (secondary N) is 1. The van der Waals surface area contributed by atoms with Gasteiger partial charge < -0.3 is 5.32 Å². The smallest absolute Gasteiger partial charge is 0.0834 e. The van der Waals surface area contributed by atoms with Gasteiger partial charge in [-0.15, -0.1) is 0 Å². The van der Waals surface area contributed by atoms with Gasteiger partial charge in [0.2, 0.25) is 0 Å². The van der Waals surface area contributed by atoms with Gasteiger partial charge in [-0.25, -0.2) is 0 Å². The summed E-state index contributed by atoms with van der Waals surface area (Å²) in [6, 6.07) is 0.322. The van der Waals surface area contributed by atoms with Crippen molar-refractivity contribution in [2.45, 2.75) is 25.8 Å². The minimum absolute atomic E-state index is 0.322. The van der Waals surface area contributed by atoms with E-state index in [2.05, 4.69) is 17.3 Å². The molecule has 1 aromatic heterocycles.